The van der Waals surface area contributed by atoms with Gasteiger partial charge in [0.2, 0.25) is 0 Å². The normalized spacial score (nSPS) is 44.9. The van der Waals surface area contributed by atoms with Crippen molar-refractivity contribution in [2.75, 3.05) is 13.4 Å². The molecular weight excluding hydrogens is 520 g/mol. The zero-order valence-corrected chi connectivity index (χ0v) is 27.0. The summed E-state index contributed by atoms with van der Waals surface area (Å²) in [5.41, 5.74) is -1.78. The van der Waals surface area contributed by atoms with Crippen LogP contribution in [-0.2, 0) is 23.9 Å². The van der Waals surface area contributed by atoms with Crippen LogP contribution in [0.4, 0.5) is 0 Å². The summed E-state index contributed by atoms with van der Waals surface area (Å²) in [5, 5.41) is 0. The number of ether oxygens (including phenoxy) is 1. The maximum atomic E-state index is 14.5. The van der Waals surface area contributed by atoms with E-state index in [0.717, 1.165) is 49.0 Å². The SMILES string of the molecule is COC(=O)[C@]12CCC(C)(C)C[C@H]1[C@H]1C(=O)C=C3[C@@]4(C)C(=O)/C(=C(/C)SC)C(=O)C(C)(C)[C@@H]4CC[C@@]3(C)[C@]1(C)CC2. The van der Waals surface area contributed by atoms with Gasteiger partial charge in [0.25, 0.3) is 0 Å². The van der Waals surface area contributed by atoms with Crippen molar-refractivity contribution in [3.05, 3.63) is 22.1 Å². The van der Waals surface area contributed by atoms with Crippen LogP contribution < -0.4 is 0 Å². The summed E-state index contributed by atoms with van der Waals surface area (Å²) in [7, 11) is 1.48. The number of thioether (sulfide) groups is 1. The van der Waals surface area contributed by atoms with Gasteiger partial charge in [0.15, 0.2) is 17.3 Å². The van der Waals surface area contributed by atoms with Crippen molar-refractivity contribution in [1.29, 1.82) is 0 Å². The fraction of sp³-hybridized carbons (Fsp3) is 0.765. The van der Waals surface area contributed by atoms with Gasteiger partial charge >= 0.3 is 5.97 Å². The lowest BCUT2D eigenvalue weighted by Crippen LogP contribution is -2.67. The van der Waals surface area contributed by atoms with Gasteiger partial charge in [-0.3, -0.25) is 19.2 Å². The number of Topliss-reactive ketones (excluding diaryl/α,β-unsaturated/α-hetero) is 2. The molecule has 6 heteroatoms. The third-order valence-corrected chi connectivity index (χ3v) is 14.0. The maximum Gasteiger partial charge on any atom is 0.312 e. The van der Waals surface area contributed by atoms with Crippen molar-refractivity contribution in [2.24, 2.45) is 50.2 Å². The van der Waals surface area contributed by atoms with Crippen molar-refractivity contribution in [3.63, 3.8) is 0 Å². The Morgan fingerprint density at radius 3 is 2.15 bits per heavy atom. The molecule has 0 saturated heterocycles. The molecule has 0 aromatic rings. The van der Waals surface area contributed by atoms with Crippen LogP contribution in [-0.4, -0.2) is 36.7 Å². The smallest absolute Gasteiger partial charge is 0.312 e. The van der Waals surface area contributed by atoms with Crippen molar-refractivity contribution >= 4 is 35.1 Å². The van der Waals surface area contributed by atoms with Gasteiger partial charge in [-0.25, -0.2) is 0 Å². The first-order chi connectivity index (χ1) is 18.4. The lowest BCUT2D eigenvalue weighted by atomic mass is 9.33. The van der Waals surface area contributed by atoms with Gasteiger partial charge in [0.1, 0.15) is 0 Å². The highest BCUT2D eigenvalue weighted by Crippen LogP contribution is 2.74. The van der Waals surface area contributed by atoms with Gasteiger partial charge in [0.05, 0.1) is 23.5 Å². The Kier molecular flexibility index (Phi) is 6.63. The minimum atomic E-state index is -0.927. The monoisotopic (exact) mass is 568 g/mol. The molecule has 7 atom stereocenters. The van der Waals surface area contributed by atoms with E-state index >= 15 is 0 Å². The van der Waals surface area contributed by atoms with E-state index in [-0.39, 0.29) is 46.5 Å². The van der Waals surface area contributed by atoms with E-state index in [9.17, 15) is 19.2 Å². The van der Waals surface area contributed by atoms with Gasteiger partial charge in [0, 0.05) is 11.3 Å². The van der Waals surface area contributed by atoms with Crippen LogP contribution in [0.25, 0.3) is 0 Å². The van der Waals surface area contributed by atoms with Gasteiger partial charge in [-0.1, -0.05) is 41.5 Å². The van der Waals surface area contributed by atoms with Gasteiger partial charge < -0.3 is 4.74 Å². The lowest BCUT2D eigenvalue weighted by molar-refractivity contribution is -0.192. The average molecular weight is 569 g/mol. The number of carbonyl (C=O) groups excluding carboxylic acids is 4. The molecule has 0 heterocycles. The summed E-state index contributed by atoms with van der Waals surface area (Å²) >= 11 is 1.45. The number of carbonyl (C=O) groups is 4. The Hall–Kier alpha value is -1.69. The molecule has 0 N–H and O–H groups in total. The first-order valence-electron chi connectivity index (χ1n) is 15.1. The highest BCUT2D eigenvalue weighted by molar-refractivity contribution is 8.02. The van der Waals surface area contributed by atoms with E-state index in [1.54, 1.807) is 0 Å². The first kappa shape index (κ1) is 29.8. The van der Waals surface area contributed by atoms with Gasteiger partial charge in [-0.15, -0.1) is 11.8 Å². The molecular formula is C34H48O5S. The highest BCUT2D eigenvalue weighted by Gasteiger charge is 2.73. The molecule has 5 nitrogen and oxygen atoms in total. The topological polar surface area (TPSA) is 77.5 Å². The summed E-state index contributed by atoms with van der Waals surface area (Å²) < 4.78 is 5.43. The predicted octanol–water partition coefficient (Wildman–Crippen LogP) is 7.14. The Morgan fingerprint density at radius 1 is 0.925 bits per heavy atom. The predicted molar refractivity (Wildman–Crippen MR) is 158 cm³/mol. The second-order valence-electron chi connectivity index (χ2n) is 15.6. The summed E-state index contributed by atoms with van der Waals surface area (Å²) in [6.07, 6.45) is 9.27. The van der Waals surface area contributed by atoms with Crippen LogP contribution in [0.3, 0.4) is 0 Å². The minimum absolute atomic E-state index is 0.0357. The van der Waals surface area contributed by atoms with Crippen molar-refractivity contribution in [2.45, 2.75) is 100 Å². The number of esters is 1. The van der Waals surface area contributed by atoms with E-state index in [2.05, 4.69) is 27.7 Å². The molecule has 220 valence electrons. The molecule has 0 bridgehead atoms. The summed E-state index contributed by atoms with van der Waals surface area (Å²) in [5.74, 6) is -0.844. The van der Waals surface area contributed by atoms with Crippen molar-refractivity contribution in [3.8, 4) is 0 Å². The van der Waals surface area contributed by atoms with Crippen molar-refractivity contribution < 1.29 is 23.9 Å². The second kappa shape index (κ2) is 8.91. The fourth-order valence-electron chi connectivity index (χ4n) is 10.5. The van der Waals surface area contributed by atoms with E-state index in [4.69, 9.17) is 4.74 Å². The summed E-state index contributed by atoms with van der Waals surface area (Å²) in [6.45, 7) is 16.9. The molecule has 0 aromatic carbocycles. The molecule has 0 radical (unpaired) electrons. The molecule has 0 aliphatic heterocycles. The molecule has 0 aromatic heterocycles. The molecule has 0 unspecified atom stereocenters. The fourth-order valence-corrected chi connectivity index (χ4v) is 10.9. The number of methoxy groups -OCH3 is 1. The number of ketones is 3. The molecule has 40 heavy (non-hydrogen) atoms. The molecule has 4 fully saturated rings. The van der Waals surface area contributed by atoms with Crippen LogP contribution in [0.15, 0.2) is 22.1 Å². The molecule has 5 aliphatic rings. The summed E-state index contributed by atoms with van der Waals surface area (Å²) in [6, 6.07) is 0. The Balaban J connectivity index is 1.72. The molecule has 5 rings (SSSR count). The molecule has 4 saturated carbocycles. The number of hydrogen-bond donors (Lipinski definition) is 0. The second-order valence-corrected chi connectivity index (χ2v) is 16.6. The van der Waals surface area contributed by atoms with Crippen LogP contribution >= 0.6 is 11.8 Å². The molecule has 0 amide bonds. The van der Waals surface area contributed by atoms with E-state index in [1.165, 1.54) is 18.9 Å². The van der Waals surface area contributed by atoms with Crippen LogP contribution in [0, 0.1) is 50.2 Å². The Labute approximate surface area is 244 Å². The summed E-state index contributed by atoms with van der Waals surface area (Å²) in [4.78, 5) is 57.1. The average Bonchev–Trinajstić information content (AvgIpc) is 2.88. The standard InChI is InChI=1S/C34H48O5S/c1-19(40-10)24-26(36)30(4,5)22-11-12-31(6)23(33(22,8)27(24)37)17-21(35)25-20-18-29(2,3)13-15-34(20,28(38)39-9)16-14-32(25,31)7/h17,20,22,25H,11-16,18H2,1-10H3/b24-19-/t20-,22-,25-,31+,32+,33-,34-/m0/s1. The lowest BCUT2D eigenvalue weighted by Gasteiger charge is -2.69. The third kappa shape index (κ3) is 3.46. The quantitative estimate of drug-likeness (QED) is 0.200. The Bertz CT molecular complexity index is 1270. The van der Waals surface area contributed by atoms with E-state index in [0.29, 0.717) is 12.0 Å². The first-order valence-corrected chi connectivity index (χ1v) is 16.3. The zero-order valence-electron chi connectivity index (χ0n) is 26.2. The number of hydrogen-bond acceptors (Lipinski definition) is 6. The van der Waals surface area contributed by atoms with Crippen molar-refractivity contribution in [1.82, 2.24) is 0 Å². The van der Waals surface area contributed by atoms with Crippen LogP contribution in [0.5, 0.6) is 0 Å². The number of allylic oxidation sites excluding steroid dienone is 4. The maximum absolute atomic E-state index is 14.5. The minimum Gasteiger partial charge on any atom is -0.469 e. The number of fused-ring (bicyclic) bond motifs is 7. The Morgan fingerprint density at radius 2 is 1.55 bits per heavy atom. The molecule has 5 aliphatic carbocycles. The zero-order chi connectivity index (χ0) is 29.8. The molecule has 0 spiro atoms. The van der Waals surface area contributed by atoms with E-state index < -0.39 is 27.1 Å². The number of rotatable bonds is 2. The van der Waals surface area contributed by atoms with E-state index in [1.807, 2.05) is 40.0 Å². The third-order valence-electron chi connectivity index (χ3n) is 13.2. The van der Waals surface area contributed by atoms with Crippen LogP contribution in [0.1, 0.15) is 100 Å². The van der Waals surface area contributed by atoms with Crippen LogP contribution in [0.2, 0.25) is 0 Å². The van der Waals surface area contributed by atoms with Gasteiger partial charge in [-0.2, -0.15) is 0 Å². The largest absolute Gasteiger partial charge is 0.469 e. The van der Waals surface area contributed by atoms with Gasteiger partial charge in [-0.05, 0) is 110 Å². The highest BCUT2D eigenvalue weighted by atomic mass is 32.2.